The van der Waals surface area contributed by atoms with Gasteiger partial charge in [-0.15, -0.1) is 0 Å². The number of pyridine rings is 1. The Labute approximate surface area is 164 Å². The third-order valence-electron chi connectivity index (χ3n) is 5.17. The van der Waals surface area contributed by atoms with E-state index in [0.29, 0.717) is 0 Å². The van der Waals surface area contributed by atoms with Gasteiger partial charge in [-0.1, -0.05) is 49.0 Å². The van der Waals surface area contributed by atoms with Gasteiger partial charge in [0.05, 0.1) is 16.9 Å². The SMILES string of the molecule is C=C1C(c2ccc3ncccc3c2)=C(C)NC2=CCC(c3ccccc3)=NN12. The molecule has 0 saturated carbocycles. The fraction of sp³-hybridized carbons (Fsp3) is 0.0833. The lowest BCUT2D eigenvalue weighted by Gasteiger charge is -2.35. The number of fused-ring (bicyclic) bond motifs is 2. The third-order valence-corrected chi connectivity index (χ3v) is 5.17. The maximum absolute atomic E-state index is 4.90. The Morgan fingerprint density at radius 3 is 2.71 bits per heavy atom. The van der Waals surface area contributed by atoms with E-state index in [0.717, 1.165) is 57.0 Å². The number of nitrogens with zero attached hydrogens (tertiary/aromatic N) is 3. The van der Waals surface area contributed by atoms with Gasteiger partial charge in [0.1, 0.15) is 5.82 Å². The molecule has 1 aromatic heterocycles. The summed E-state index contributed by atoms with van der Waals surface area (Å²) in [5, 5.41) is 11.4. The van der Waals surface area contributed by atoms with Crippen LogP contribution in [-0.2, 0) is 0 Å². The van der Waals surface area contributed by atoms with Crippen LogP contribution in [0.15, 0.2) is 102 Å². The Morgan fingerprint density at radius 1 is 1.00 bits per heavy atom. The van der Waals surface area contributed by atoms with Crippen LogP contribution in [0.5, 0.6) is 0 Å². The second-order valence-electron chi connectivity index (χ2n) is 7.00. The van der Waals surface area contributed by atoms with E-state index in [-0.39, 0.29) is 0 Å². The van der Waals surface area contributed by atoms with E-state index < -0.39 is 0 Å². The molecule has 0 aliphatic carbocycles. The molecule has 0 saturated heterocycles. The number of benzene rings is 2. The Balaban J connectivity index is 1.57. The van der Waals surface area contributed by atoms with Crippen molar-refractivity contribution in [2.45, 2.75) is 13.3 Å². The van der Waals surface area contributed by atoms with Gasteiger partial charge in [-0.05, 0) is 42.3 Å². The van der Waals surface area contributed by atoms with Gasteiger partial charge in [-0.25, -0.2) is 5.01 Å². The average molecular weight is 364 g/mol. The highest BCUT2D eigenvalue weighted by Crippen LogP contribution is 2.36. The molecule has 4 heteroatoms. The average Bonchev–Trinajstić information content (AvgIpc) is 2.74. The van der Waals surface area contributed by atoms with E-state index in [9.17, 15) is 0 Å². The van der Waals surface area contributed by atoms with Crippen molar-refractivity contribution in [2.75, 3.05) is 0 Å². The number of hydrogen-bond donors (Lipinski definition) is 1. The van der Waals surface area contributed by atoms with Gasteiger partial charge in [0.15, 0.2) is 0 Å². The molecule has 0 radical (unpaired) electrons. The summed E-state index contributed by atoms with van der Waals surface area (Å²) in [5.74, 6) is 0.966. The summed E-state index contributed by atoms with van der Waals surface area (Å²) < 4.78 is 0. The zero-order chi connectivity index (χ0) is 19.1. The largest absolute Gasteiger partial charge is 0.344 e. The molecule has 136 valence electrons. The number of aromatic nitrogens is 1. The summed E-state index contributed by atoms with van der Waals surface area (Å²) in [6, 6.07) is 20.6. The minimum Gasteiger partial charge on any atom is -0.344 e. The molecule has 2 aliphatic heterocycles. The number of allylic oxidation sites excluding steroid dienone is 3. The van der Waals surface area contributed by atoms with Crippen molar-refractivity contribution in [3.8, 4) is 0 Å². The van der Waals surface area contributed by atoms with Crippen LogP contribution in [0.25, 0.3) is 16.5 Å². The molecule has 4 nitrogen and oxygen atoms in total. The fourth-order valence-electron chi connectivity index (χ4n) is 3.80. The summed E-state index contributed by atoms with van der Waals surface area (Å²) >= 11 is 0. The minimum absolute atomic E-state index is 0.792. The highest BCUT2D eigenvalue weighted by molar-refractivity contribution is 6.02. The van der Waals surface area contributed by atoms with E-state index in [1.54, 1.807) is 0 Å². The van der Waals surface area contributed by atoms with E-state index >= 15 is 0 Å². The molecule has 2 aliphatic rings. The van der Waals surface area contributed by atoms with Crippen molar-refractivity contribution in [2.24, 2.45) is 5.10 Å². The fourth-order valence-corrected chi connectivity index (χ4v) is 3.80. The highest BCUT2D eigenvalue weighted by atomic mass is 15.5. The molecule has 1 N–H and O–H groups in total. The maximum atomic E-state index is 4.90. The molecular formula is C24H20N4. The van der Waals surface area contributed by atoms with E-state index in [2.05, 4.69) is 66.3 Å². The Hall–Kier alpha value is -3.66. The van der Waals surface area contributed by atoms with Crippen molar-refractivity contribution in [1.82, 2.24) is 15.3 Å². The van der Waals surface area contributed by atoms with Gasteiger partial charge in [-0.3, -0.25) is 4.98 Å². The molecule has 3 heterocycles. The minimum atomic E-state index is 0.792. The summed E-state index contributed by atoms with van der Waals surface area (Å²) in [7, 11) is 0. The molecule has 2 aromatic carbocycles. The Bertz CT molecular complexity index is 1190. The number of nitrogens with one attached hydrogen (secondary N) is 1. The molecule has 0 amide bonds. The first-order valence-electron chi connectivity index (χ1n) is 9.36. The van der Waals surface area contributed by atoms with Crippen molar-refractivity contribution in [3.05, 3.63) is 108 Å². The van der Waals surface area contributed by atoms with Gasteiger partial charge in [0.2, 0.25) is 0 Å². The third kappa shape index (κ3) is 2.70. The Morgan fingerprint density at radius 2 is 1.86 bits per heavy atom. The first-order valence-corrected chi connectivity index (χ1v) is 9.36. The second-order valence-corrected chi connectivity index (χ2v) is 7.00. The zero-order valence-electron chi connectivity index (χ0n) is 15.7. The lowest BCUT2D eigenvalue weighted by atomic mass is 9.97. The van der Waals surface area contributed by atoms with Crippen LogP contribution in [0.2, 0.25) is 0 Å². The van der Waals surface area contributed by atoms with E-state index in [4.69, 9.17) is 5.10 Å². The van der Waals surface area contributed by atoms with Crippen LogP contribution in [-0.4, -0.2) is 15.7 Å². The summed E-state index contributed by atoms with van der Waals surface area (Å²) in [6.07, 6.45) is 4.78. The molecule has 0 atom stereocenters. The lowest BCUT2D eigenvalue weighted by molar-refractivity contribution is 0.423. The van der Waals surface area contributed by atoms with Crippen molar-refractivity contribution in [3.63, 3.8) is 0 Å². The van der Waals surface area contributed by atoms with Crippen LogP contribution < -0.4 is 5.32 Å². The quantitative estimate of drug-likeness (QED) is 0.693. The molecule has 0 spiro atoms. The highest BCUT2D eigenvalue weighted by Gasteiger charge is 2.28. The van der Waals surface area contributed by atoms with Gasteiger partial charge < -0.3 is 5.32 Å². The Kier molecular flexibility index (Phi) is 3.83. The van der Waals surface area contributed by atoms with Crippen LogP contribution in [0.1, 0.15) is 24.5 Å². The van der Waals surface area contributed by atoms with E-state index in [1.165, 1.54) is 0 Å². The molecule has 0 unspecified atom stereocenters. The van der Waals surface area contributed by atoms with Crippen LogP contribution in [0, 0.1) is 0 Å². The van der Waals surface area contributed by atoms with Crippen LogP contribution in [0.4, 0.5) is 0 Å². The first-order chi connectivity index (χ1) is 13.7. The van der Waals surface area contributed by atoms with Gasteiger partial charge in [-0.2, -0.15) is 5.10 Å². The molecule has 3 aromatic rings. The van der Waals surface area contributed by atoms with Crippen LogP contribution >= 0.6 is 0 Å². The molecular weight excluding hydrogens is 344 g/mol. The standard InChI is InChI=1S/C24H20N4/c1-16-24(20-10-11-21-19(15-20)9-6-14-25-21)17(2)28-23(26-16)13-12-22(27-28)18-7-4-3-5-8-18/h3-11,13-15,26H,2,12H2,1H3. The smallest absolute Gasteiger partial charge is 0.128 e. The van der Waals surface area contributed by atoms with Gasteiger partial charge in [0.25, 0.3) is 0 Å². The molecule has 0 bridgehead atoms. The molecule has 28 heavy (non-hydrogen) atoms. The monoisotopic (exact) mass is 364 g/mol. The number of hydrogen-bond acceptors (Lipinski definition) is 4. The summed E-state index contributed by atoms with van der Waals surface area (Å²) in [5.41, 5.74) is 7.29. The number of rotatable bonds is 2. The van der Waals surface area contributed by atoms with Crippen molar-refractivity contribution >= 4 is 22.2 Å². The predicted octanol–water partition coefficient (Wildman–Crippen LogP) is 5.03. The topological polar surface area (TPSA) is 40.5 Å². The molecule has 0 fully saturated rings. The zero-order valence-corrected chi connectivity index (χ0v) is 15.7. The summed E-state index contributed by atoms with van der Waals surface area (Å²) in [4.78, 5) is 4.42. The van der Waals surface area contributed by atoms with Gasteiger partial charge >= 0.3 is 0 Å². The van der Waals surface area contributed by atoms with Crippen molar-refractivity contribution in [1.29, 1.82) is 0 Å². The van der Waals surface area contributed by atoms with Crippen molar-refractivity contribution < 1.29 is 0 Å². The lowest BCUT2D eigenvalue weighted by Crippen LogP contribution is -2.35. The normalized spacial score (nSPS) is 16.5. The summed E-state index contributed by atoms with van der Waals surface area (Å²) in [6.45, 7) is 6.47. The number of hydrazone groups is 1. The van der Waals surface area contributed by atoms with E-state index in [1.807, 2.05) is 35.5 Å². The van der Waals surface area contributed by atoms with Gasteiger partial charge in [0, 0.05) is 29.3 Å². The maximum Gasteiger partial charge on any atom is 0.128 e. The van der Waals surface area contributed by atoms with Crippen LogP contribution in [0.3, 0.4) is 0 Å². The predicted molar refractivity (Wildman–Crippen MR) is 114 cm³/mol. The first kappa shape index (κ1) is 16.5. The molecule has 5 rings (SSSR count). The second kappa shape index (κ2) is 6.50.